The molecule has 11 heteroatoms. The molecule has 1 rings (SSSR count). The summed E-state index contributed by atoms with van der Waals surface area (Å²) >= 11 is 0. The first-order chi connectivity index (χ1) is 8.43. The molecule has 1 aromatic carbocycles. The zero-order valence-electron chi connectivity index (χ0n) is 9.06. The fraction of sp³-hybridized carbons (Fsp3) is 0.250. The van der Waals surface area contributed by atoms with E-state index in [1.54, 1.807) is 0 Å². The molecule has 0 heterocycles. The fourth-order valence-corrected chi connectivity index (χ4v) is 2.55. The average Bonchev–Trinajstić information content (AvgIpc) is 2.11. The zero-order valence-corrected chi connectivity index (χ0v) is 10.6. The van der Waals surface area contributed by atoms with Gasteiger partial charge in [0.05, 0.1) is 15.4 Å². The van der Waals surface area contributed by atoms with Crippen LogP contribution in [-0.2, 0) is 9.05 Å². The van der Waals surface area contributed by atoms with Gasteiger partial charge in [-0.2, -0.15) is 0 Å². The van der Waals surface area contributed by atoms with Crippen LogP contribution in [0, 0.1) is 17.0 Å². The molecule has 0 spiro atoms. The third-order valence-corrected chi connectivity index (χ3v) is 3.48. The molecule has 0 atom stereocenters. The van der Waals surface area contributed by atoms with Gasteiger partial charge in [0.15, 0.2) is 0 Å². The van der Waals surface area contributed by atoms with E-state index in [1.165, 1.54) is 0 Å². The number of rotatable bonds is 3. The standard InChI is InChI=1S/C8H5ClF3NO5S/c1-4-6(19(9,16)17)3-2-5(7(4)13(14)15)18-8(10,11)12/h2-3H,1H3. The van der Waals surface area contributed by atoms with Crippen molar-refractivity contribution in [1.82, 2.24) is 0 Å². The lowest BCUT2D eigenvalue weighted by Crippen LogP contribution is -2.18. The van der Waals surface area contributed by atoms with Crippen LogP contribution in [0.25, 0.3) is 0 Å². The maximum absolute atomic E-state index is 12.1. The second-order valence-electron chi connectivity index (χ2n) is 3.28. The zero-order chi connectivity index (χ0) is 15.0. The van der Waals surface area contributed by atoms with Crippen LogP contribution in [0.1, 0.15) is 5.56 Å². The van der Waals surface area contributed by atoms with Crippen molar-refractivity contribution in [2.75, 3.05) is 0 Å². The summed E-state index contributed by atoms with van der Waals surface area (Å²) in [7, 11) is 0.694. The van der Waals surface area contributed by atoms with Gasteiger partial charge < -0.3 is 4.74 Å². The average molecular weight is 320 g/mol. The minimum Gasteiger partial charge on any atom is -0.398 e. The normalized spacial score (nSPS) is 12.3. The van der Waals surface area contributed by atoms with Crippen molar-refractivity contribution in [2.24, 2.45) is 0 Å². The van der Waals surface area contributed by atoms with Gasteiger partial charge in [-0.25, -0.2) is 8.42 Å². The molecule has 19 heavy (non-hydrogen) atoms. The van der Waals surface area contributed by atoms with Gasteiger partial charge in [0.2, 0.25) is 5.75 Å². The van der Waals surface area contributed by atoms with E-state index in [2.05, 4.69) is 4.74 Å². The summed E-state index contributed by atoms with van der Waals surface area (Å²) in [5, 5.41) is 10.7. The van der Waals surface area contributed by atoms with Crippen molar-refractivity contribution in [1.29, 1.82) is 0 Å². The predicted octanol–water partition coefficient (Wildman–Crippen LogP) is 2.73. The molecular weight excluding hydrogens is 315 g/mol. The third-order valence-electron chi connectivity index (χ3n) is 2.02. The van der Waals surface area contributed by atoms with E-state index in [0.29, 0.717) is 12.1 Å². The van der Waals surface area contributed by atoms with E-state index in [4.69, 9.17) is 10.7 Å². The number of benzene rings is 1. The number of hydrogen-bond donors (Lipinski definition) is 0. The summed E-state index contributed by atoms with van der Waals surface area (Å²) in [4.78, 5) is 8.89. The molecule has 0 saturated heterocycles. The van der Waals surface area contributed by atoms with Crippen LogP contribution >= 0.6 is 10.7 Å². The third kappa shape index (κ3) is 3.70. The van der Waals surface area contributed by atoms with Gasteiger partial charge in [0.25, 0.3) is 9.05 Å². The first kappa shape index (κ1) is 15.5. The highest BCUT2D eigenvalue weighted by atomic mass is 35.7. The van der Waals surface area contributed by atoms with Gasteiger partial charge in [-0.3, -0.25) is 10.1 Å². The topological polar surface area (TPSA) is 86.5 Å². The highest BCUT2D eigenvalue weighted by Crippen LogP contribution is 2.38. The Hall–Kier alpha value is -1.55. The van der Waals surface area contributed by atoms with Crippen molar-refractivity contribution >= 4 is 25.4 Å². The Morgan fingerprint density at radius 2 is 1.89 bits per heavy atom. The van der Waals surface area contributed by atoms with Crippen LogP contribution in [0.4, 0.5) is 18.9 Å². The SMILES string of the molecule is Cc1c(S(=O)(=O)Cl)ccc(OC(F)(F)F)c1[N+](=O)[O-]. The Morgan fingerprint density at radius 1 is 1.37 bits per heavy atom. The van der Waals surface area contributed by atoms with Crippen LogP contribution in [0.15, 0.2) is 17.0 Å². The molecule has 0 N–H and O–H groups in total. The van der Waals surface area contributed by atoms with E-state index in [1.807, 2.05) is 0 Å². The summed E-state index contributed by atoms with van der Waals surface area (Å²) in [5.74, 6) is -1.11. The minimum atomic E-state index is -5.14. The molecule has 0 saturated carbocycles. The van der Waals surface area contributed by atoms with Crippen molar-refractivity contribution in [3.63, 3.8) is 0 Å². The molecule has 0 aliphatic heterocycles. The van der Waals surface area contributed by atoms with Crippen LogP contribution in [0.2, 0.25) is 0 Å². The van der Waals surface area contributed by atoms with E-state index in [-0.39, 0.29) is 0 Å². The smallest absolute Gasteiger partial charge is 0.398 e. The molecule has 0 aliphatic rings. The van der Waals surface area contributed by atoms with Gasteiger partial charge >= 0.3 is 12.0 Å². The summed E-state index contributed by atoms with van der Waals surface area (Å²) in [6.45, 7) is 0.955. The summed E-state index contributed by atoms with van der Waals surface area (Å²) in [5.41, 5.74) is -1.65. The Bertz CT molecular complexity index is 628. The molecule has 0 unspecified atom stereocenters. The number of nitro groups is 1. The lowest BCUT2D eigenvalue weighted by molar-refractivity contribution is -0.389. The fourth-order valence-electron chi connectivity index (χ4n) is 1.35. The second-order valence-corrected chi connectivity index (χ2v) is 5.81. The van der Waals surface area contributed by atoms with Crippen LogP contribution in [0.3, 0.4) is 0 Å². The Labute approximate surface area is 109 Å². The Kier molecular flexibility index (Phi) is 3.96. The summed E-state index contributed by atoms with van der Waals surface area (Å²) < 4.78 is 61.9. The molecule has 0 aromatic heterocycles. The molecule has 0 bridgehead atoms. The van der Waals surface area contributed by atoms with Crippen LogP contribution < -0.4 is 4.74 Å². The van der Waals surface area contributed by atoms with Gasteiger partial charge in [-0.1, -0.05) is 0 Å². The second kappa shape index (κ2) is 4.85. The number of ether oxygens (including phenoxy) is 1. The maximum atomic E-state index is 12.1. The maximum Gasteiger partial charge on any atom is 0.573 e. The quantitative estimate of drug-likeness (QED) is 0.485. The largest absolute Gasteiger partial charge is 0.573 e. The van der Waals surface area contributed by atoms with Crippen LogP contribution in [-0.4, -0.2) is 19.7 Å². The highest BCUT2D eigenvalue weighted by Gasteiger charge is 2.36. The van der Waals surface area contributed by atoms with Gasteiger partial charge in [0.1, 0.15) is 0 Å². The van der Waals surface area contributed by atoms with Crippen molar-refractivity contribution in [3.05, 3.63) is 27.8 Å². The lowest BCUT2D eigenvalue weighted by Gasteiger charge is -2.11. The molecule has 0 radical (unpaired) electrons. The lowest BCUT2D eigenvalue weighted by atomic mass is 10.2. The van der Waals surface area contributed by atoms with Gasteiger partial charge in [-0.15, -0.1) is 13.2 Å². The first-order valence-electron chi connectivity index (χ1n) is 4.42. The Balaban J connectivity index is 3.54. The van der Waals surface area contributed by atoms with Crippen molar-refractivity contribution in [3.8, 4) is 5.75 Å². The van der Waals surface area contributed by atoms with E-state index in [0.717, 1.165) is 6.92 Å². The van der Waals surface area contributed by atoms with E-state index >= 15 is 0 Å². The summed E-state index contributed by atoms with van der Waals surface area (Å²) in [6.07, 6.45) is -5.14. The Morgan fingerprint density at radius 3 is 2.26 bits per heavy atom. The predicted molar refractivity (Wildman–Crippen MR) is 57.6 cm³/mol. The van der Waals surface area contributed by atoms with Crippen molar-refractivity contribution < 1.29 is 31.2 Å². The molecule has 0 fully saturated rings. The number of nitro benzene ring substituents is 1. The number of halogens is 4. The summed E-state index contributed by atoms with van der Waals surface area (Å²) in [6, 6.07) is 1.22. The van der Waals surface area contributed by atoms with E-state index < -0.39 is 42.2 Å². The molecule has 6 nitrogen and oxygen atoms in total. The molecular formula is C8H5ClF3NO5S. The molecule has 1 aromatic rings. The molecule has 106 valence electrons. The van der Waals surface area contributed by atoms with Gasteiger partial charge in [0, 0.05) is 10.7 Å². The van der Waals surface area contributed by atoms with Crippen LogP contribution in [0.5, 0.6) is 5.75 Å². The van der Waals surface area contributed by atoms with E-state index in [9.17, 15) is 31.7 Å². The molecule has 0 aliphatic carbocycles. The number of hydrogen-bond acceptors (Lipinski definition) is 5. The minimum absolute atomic E-state index is 0.522. The number of nitrogens with zero attached hydrogens (tertiary/aromatic N) is 1. The molecule has 0 amide bonds. The van der Waals surface area contributed by atoms with Crippen molar-refractivity contribution in [2.45, 2.75) is 18.2 Å². The highest BCUT2D eigenvalue weighted by molar-refractivity contribution is 8.13. The van der Waals surface area contributed by atoms with Gasteiger partial charge in [-0.05, 0) is 19.1 Å². The monoisotopic (exact) mass is 319 g/mol. The number of alkyl halides is 3. The first-order valence-corrected chi connectivity index (χ1v) is 6.73.